The standard InChI is InChI=1S/C22H24ClF3N6O/c1-3-13-5-6-16(23)15(4-2)19(13)27-20(33)14-9-11-31(12-10-14)18-8-7-17-28-29-21(22(24,25)26)32(17)30-18/h5-8,14H,3-4,9-12H2,1-2H3,(H,27,33). The molecule has 0 atom stereocenters. The zero-order valence-electron chi connectivity index (χ0n) is 18.3. The van der Waals surface area contributed by atoms with Crippen molar-refractivity contribution in [1.82, 2.24) is 19.8 Å². The lowest BCUT2D eigenvalue weighted by atomic mass is 9.95. The minimum atomic E-state index is -4.65. The number of carbonyl (C=O) groups excluding carboxylic acids is 1. The summed E-state index contributed by atoms with van der Waals surface area (Å²) < 4.78 is 40.2. The molecule has 176 valence electrons. The van der Waals surface area contributed by atoms with E-state index >= 15 is 0 Å². The number of hydrogen-bond acceptors (Lipinski definition) is 5. The van der Waals surface area contributed by atoms with E-state index < -0.39 is 12.0 Å². The molecule has 1 amide bonds. The second-order valence-corrected chi connectivity index (χ2v) is 8.41. The molecule has 1 aliphatic heterocycles. The van der Waals surface area contributed by atoms with Gasteiger partial charge in [-0.2, -0.15) is 17.7 Å². The van der Waals surface area contributed by atoms with Gasteiger partial charge < -0.3 is 10.2 Å². The topological polar surface area (TPSA) is 75.4 Å². The number of aromatic nitrogens is 4. The van der Waals surface area contributed by atoms with E-state index in [1.807, 2.05) is 30.9 Å². The number of halogens is 4. The van der Waals surface area contributed by atoms with Crippen LogP contribution < -0.4 is 10.2 Å². The van der Waals surface area contributed by atoms with Crippen molar-refractivity contribution in [3.8, 4) is 0 Å². The Kier molecular flexibility index (Phi) is 6.47. The summed E-state index contributed by atoms with van der Waals surface area (Å²) in [5, 5.41) is 14.6. The number of nitrogens with one attached hydrogen (secondary N) is 1. The van der Waals surface area contributed by atoms with Gasteiger partial charge in [0, 0.05) is 29.7 Å². The molecule has 0 unspecified atom stereocenters. The highest BCUT2D eigenvalue weighted by Gasteiger charge is 2.38. The van der Waals surface area contributed by atoms with Crippen molar-refractivity contribution < 1.29 is 18.0 Å². The number of piperidine rings is 1. The number of aryl methyl sites for hydroxylation is 1. The Labute approximate surface area is 193 Å². The van der Waals surface area contributed by atoms with Crippen LogP contribution in [-0.4, -0.2) is 38.8 Å². The first-order valence-electron chi connectivity index (χ1n) is 10.9. The molecular weight excluding hydrogens is 457 g/mol. The third-order valence-electron chi connectivity index (χ3n) is 6.02. The van der Waals surface area contributed by atoms with Gasteiger partial charge in [-0.25, -0.2) is 0 Å². The maximum absolute atomic E-state index is 13.1. The van der Waals surface area contributed by atoms with Gasteiger partial charge in [0.25, 0.3) is 5.82 Å². The van der Waals surface area contributed by atoms with E-state index in [2.05, 4.69) is 20.6 Å². The smallest absolute Gasteiger partial charge is 0.355 e. The molecule has 11 heteroatoms. The largest absolute Gasteiger partial charge is 0.453 e. The van der Waals surface area contributed by atoms with Crippen molar-refractivity contribution in [3.63, 3.8) is 0 Å². The summed E-state index contributed by atoms with van der Waals surface area (Å²) >= 11 is 6.34. The van der Waals surface area contributed by atoms with Crippen molar-refractivity contribution in [2.45, 2.75) is 45.7 Å². The van der Waals surface area contributed by atoms with Crippen molar-refractivity contribution >= 4 is 34.7 Å². The average Bonchev–Trinajstić information content (AvgIpc) is 3.23. The zero-order valence-corrected chi connectivity index (χ0v) is 19.0. The summed E-state index contributed by atoms with van der Waals surface area (Å²) in [6.07, 6.45) is -2.05. The number of benzene rings is 1. The van der Waals surface area contributed by atoms with E-state index in [1.54, 1.807) is 6.07 Å². The molecule has 0 radical (unpaired) electrons. The van der Waals surface area contributed by atoms with Crippen molar-refractivity contribution in [1.29, 1.82) is 0 Å². The third kappa shape index (κ3) is 4.62. The van der Waals surface area contributed by atoms with E-state index in [1.165, 1.54) is 6.07 Å². The summed E-state index contributed by atoms with van der Waals surface area (Å²) in [5.74, 6) is -1.04. The third-order valence-corrected chi connectivity index (χ3v) is 6.37. The fourth-order valence-electron chi connectivity index (χ4n) is 4.19. The van der Waals surface area contributed by atoms with Gasteiger partial charge in [-0.1, -0.05) is 31.5 Å². The highest BCUT2D eigenvalue weighted by Crippen LogP contribution is 2.32. The normalized spacial score (nSPS) is 15.3. The second kappa shape index (κ2) is 9.17. The van der Waals surface area contributed by atoms with E-state index in [0.29, 0.717) is 47.7 Å². The first-order chi connectivity index (χ1) is 15.7. The Morgan fingerprint density at radius 2 is 1.85 bits per heavy atom. The fraction of sp³-hybridized carbons (Fsp3) is 0.455. The predicted octanol–water partition coefficient (Wildman–Crippen LogP) is 4.78. The zero-order chi connectivity index (χ0) is 23.8. The molecule has 1 N–H and O–H groups in total. The van der Waals surface area contributed by atoms with E-state index in [0.717, 1.165) is 23.2 Å². The number of alkyl halides is 3. The number of fused-ring (bicyclic) bond motifs is 1. The van der Waals surface area contributed by atoms with Crippen LogP contribution in [0, 0.1) is 5.92 Å². The molecule has 33 heavy (non-hydrogen) atoms. The van der Waals surface area contributed by atoms with Crippen LogP contribution in [0.4, 0.5) is 24.7 Å². The Morgan fingerprint density at radius 1 is 1.12 bits per heavy atom. The molecule has 7 nitrogen and oxygen atoms in total. The molecule has 1 aromatic carbocycles. The van der Waals surface area contributed by atoms with Crippen LogP contribution in [0.1, 0.15) is 43.6 Å². The van der Waals surface area contributed by atoms with Gasteiger partial charge in [0.2, 0.25) is 5.91 Å². The molecule has 0 spiro atoms. The molecule has 1 saturated heterocycles. The highest BCUT2D eigenvalue weighted by atomic mass is 35.5. The van der Waals surface area contributed by atoms with Crippen LogP contribution in [0.15, 0.2) is 24.3 Å². The summed E-state index contributed by atoms with van der Waals surface area (Å²) in [6, 6.07) is 6.87. The van der Waals surface area contributed by atoms with Gasteiger partial charge in [0.05, 0.1) is 0 Å². The van der Waals surface area contributed by atoms with E-state index in [-0.39, 0.29) is 17.5 Å². The lowest BCUT2D eigenvalue weighted by molar-refractivity contribution is -0.146. The Morgan fingerprint density at radius 3 is 2.48 bits per heavy atom. The van der Waals surface area contributed by atoms with Crippen molar-refractivity contribution in [2.24, 2.45) is 5.92 Å². The van der Waals surface area contributed by atoms with Crippen LogP contribution in [0.2, 0.25) is 5.02 Å². The molecule has 0 aliphatic carbocycles. The lowest BCUT2D eigenvalue weighted by Crippen LogP contribution is -2.39. The molecule has 2 aromatic heterocycles. The molecule has 3 aromatic rings. The van der Waals surface area contributed by atoms with Crippen LogP contribution in [-0.2, 0) is 23.8 Å². The highest BCUT2D eigenvalue weighted by molar-refractivity contribution is 6.32. The van der Waals surface area contributed by atoms with Gasteiger partial charge in [-0.15, -0.1) is 15.3 Å². The Hall–Kier alpha value is -2.88. The van der Waals surface area contributed by atoms with Crippen LogP contribution in [0.3, 0.4) is 0 Å². The molecule has 0 bridgehead atoms. The van der Waals surface area contributed by atoms with E-state index in [4.69, 9.17) is 11.6 Å². The number of carbonyl (C=O) groups is 1. The molecule has 1 fully saturated rings. The van der Waals surface area contributed by atoms with E-state index in [9.17, 15) is 18.0 Å². The number of hydrogen-bond donors (Lipinski definition) is 1. The van der Waals surface area contributed by atoms with Gasteiger partial charge >= 0.3 is 6.18 Å². The molecule has 0 saturated carbocycles. The lowest BCUT2D eigenvalue weighted by Gasteiger charge is -2.32. The number of nitrogens with zero attached hydrogens (tertiary/aromatic N) is 5. The van der Waals surface area contributed by atoms with Crippen LogP contribution >= 0.6 is 11.6 Å². The number of anilines is 2. The average molecular weight is 481 g/mol. The quantitative estimate of drug-likeness (QED) is 0.569. The fourth-order valence-corrected chi connectivity index (χ4v) is 4.48. The molecule has 1 aliphatic rings. The monoisotopic (exact) mass is 480 g/mol. The minimum Gasteiger partial charge on any atom is -0.355 e. The molecular formula is C22H24ClF3N6O. The van der Waals surface area contributed by atoms with Crippen LogP contribution in [0.25, 0.3) is 5.65 Å². The predicted molar refractivity (Wildman–Crippen MR) is 120 cm³/mol. The summed E-state index contributed by atoms with van der Waals surface area (Å²) in [7, 11) is 0. The first-order valence-corrected chi connectivity index (χ1v) is 11.3. The summed E-state index contributed by atoms with van der Waals surface area (Å²) in [5.41, 5.74) is 2.78. The summed E-state index contributed by atoms with van der Waals surface area (Å²) in [4.78, 5) is 14.9. The van der Waals surface area contributed by atoms with Gasteiger partial charge in [-0.05, 0) is 55.0 Å². The Bertz CT molecular complexity index is 1170. The Balaban J connectivity index is 1.47. The maximum atomic E-state index is 13.1. The van der Waals surface area contributed by atoms with Gasteiger partial charge in [-0.3, -0.25) is 4.79 Å². The maximum Gasteiger partial charge on any atom is 0.453 e. The van der Waals surface area contributed by atoms with Crippen molar-refractivity contribution in [3.05, 3.63) is 46.2 Å². The number of amides is 1. The second-order valence-electron chi connectivity index (χ2n) is 8.00. The SMILES string of the molecule is CCc1ccc(Cl)c(CC)c1NC(=O)C1CCN(c2ccc3nnc(C(F)(F)F)n3n2)CC1. The molecule has 3 heterocycles. The minimum absolute atomic E-state index is 0.0281. The summed E-state index contributed by atoms with van der Waals surface area (Å²) in [6.45, 7) is 5.02. The first kappa shape index (κ1) is 23.3. The number of rotatable bonds is 5. The van der Waals surface area contributed by atoms with Gasteiger partial charge in [0.1, 0.15) is 5.82 Å². The van der Waals surface area contributed by atoms with Crippen molar-refractivity contribution in [2.75, 3.05) is 23.3 Å². The van der Waals surface area contributed by atoms with Gasteiger partial charge in [0.15, 0.2) is 5.65 Å². The molecule has 4 rings (SSSR count). The van der Waals surface area contributed by atoms with Crippen LogP contribution in [0.5, 0.6) is 0 Å².